The molecule has 1 aliphatic heterocycles. The molecule has 1 saturated heterocycles. The predicted octanol–water partition coefficient (Wildman–Crippen LogP) is 3.97. The van der Waals surface area contributed by atoms with Gasteiger partial charge in [0.2, 0.25) is 5.91 Å². The van der Waals surface area contributed by atoms with E-state index < -0.39 is 0 Å². The van der Waals surface area contributed by atoms with Gasteiger partial charge in [-0.3, -0.25) is 4.79 Å². The summed E-state index contributed by atoms with van der Waals surface area (Å²) in [6, 6.07) is 18.6. The van der Waals surface area contributed by atoms with Gasteiger partial charge in [-0.25, -0.2) is 4.98 Å². The molecule has 1 aromatic heterocycles. The molecule has 26 heavy (non-hydrogen) atoms. The van der Waals surface area contributed by atoms with Crippen molar-refractivity contribution >= 4 is 32.6 Å². The molecule has 0 bridgehead atoms. The molecule has 4 rings (SSSR count). The first-order valence-electron chi connectivity index (χ1n) is 9.22. The average molecular weight is 366 g/mol. The number of hydrogen-bond acceptors (Lipinski definition) is 4. The maximum Gasteiger partial charge on any atom is 0.222 e. The van der Waals surface area contributed by atoms with Gasteiger partial charge in [0.15, 0.2) is 5.13 Å². The highest BCUT2D eigenvalue weighted by Crippen LogP contribution is 2.29. The van der Waals surface area contributed by atoms with Gasteiger partial charge in [0.1, 0.15) is 0 Å². The highest BCUT2D eigenvalue weighted by molar-refractivity contribution is 7.22. The van der Waals surface area contributed by atoms with Gasteiger partial charge in [0.25, 0.3) is 0 Å². The van der Waals surface area contributed by atoms with Gasteiger partial charge in [0, 0.05) is 32.6 Å². The zero-order valence-electron chi connectivity index (χ0n) is 14.8. The summed E-state index contributed by atoms with van der Waals surface area (Å²) in [4.78, 5) is 21.5. The molecule has 134 valence electrons. The van der Waals surface area contributed by atoms with Crippen molar-refractivity contribution in [2.75, 3.05) is 31.1 Å². The lowest BCUT2D eigenvalue weighted by molar-refractivity contribution is -0.131. The van der Waals surface area contributed by atoms with E-state index in [-0.39, 0.29) is 5.91 Å². The molecule has 3 aromatic rings. The molecule has 1 amide bonds. The van der Waals surface area contributed by atoms with E-state index >= 15 is 0 Å². The highest BCUT2D eigenvalue weighted by Gasteiger charge is 2.22. The summed E-state index contributed by atoms with van der Waals surface area (Å²) < 4.78 is 1.22. The molecule has 0 atom stereocenters. The van der Waals surface area contributed by atoms with E-state index in [9.17, 15) is 4.79 Å². The van der Waals surface area contributed by atoms with Crippen molar-refractivity contribution in [3.63, 3.8) is 0 Å². The number of thiazole rings is 1. The predicted molar refractivity (Wildman–Crippen MR) is 108 cm³/mol. The summed E-state index contributed by atoms with van der Waals surface area (Å²) >= 11 is 1.74. The van der Waals surface area contributed by atoms with E-state index in [4.69, 9.17) is 4.98 Å². The number of hydrogen-bond donors (Lipinski definition) is 0. The minimum atomic E-state index is 0.282. The molecule has 4 nitrogen and oxygen atoms in total. The third-order valence-electron chi connectivity index (χ3n) is 4.88. The molecular formula is C21H23N3OS. The van der Waals surface area contributed by atoms with Crippen LogP contribution in [0.3, 0.4) is 0 Å². The number of anilines is 1. The third-order valence-corrected chi connectivity index (χ3v) is 5.98. The zero-order valence-corrected chi connectivity index (χ0v) is 15.6. The standard InChI is InChI=1S/C21H23N3OS/c25-20(12-6-9-17-7-2-1-3-8-17)23-13-15-24(16-14-23)21-22-18-10-4-5-11-19(18)26-21/h1-5,7-8,10-11H,6,9,12-16H2. The number of nitrogens with zero attached hydrogens (tertiary/aromatic N) is 3. The second kappa shape index (κ2) is 7.87. The third kappa shape index (κ3) is 3.88. The monoisotopic (exact) mass is 365 g/mol. The number of aryl methyl sites for hydroxylation is 1. The first kappa shape index (κ1) is 17.0. The number of carbonyl (C=O) groups is 1. The first-order chi connectivity index (χ1) is 12.8. The minimum absolute atomic E-state index is 0.282. The fourth-order valence-corrected chi connectivity index (χ4v) is 4.41. The van der Waals surface area contributed by atoms with Crippen LogP contribution in [-0.4, -0.2) is 42.0 Å². The van der Waals surface area contributed by atoms with E-state index in [2.05, 4.69) is 47.4 Å². The number of para-hydroxylation sites is 1. The Morgan fingerprint density at radius 2 is 1.69 bits per heavy atom. The lowest BCUT2D eigenvalue weighted by Crippen LogP contribution is -2.48. The fraction of sp³-hybridized carbons (Fsp3) is 0.333. The van der Waals surface area contributed by atoms with Crippen LogP contribution in [0.1, 0.15) is 18.4 Å². The largest absolute Gasteiger partial charge is 0.345 e. The number of amides is 1. The van der Waals surface area contributed by atoms with Crippen molar-refractivity contribution in [2.24, 2.45) is 0 Å². The topological polar surface area (TPSA) is 36.4 Å². The lowest BCUT2D eigenvalue weighted by atomic mass is 10.1. The molecule has 1 aliphatic rings. The molecule has 2 aromatic carbocycles. The number of fused-ring (bicyclic) bond motifs is 1. The maximum atomic E-state index is 12.5. The number of carbonyl (C=O) groups excluding carboxylic acids is 1. The Morgan fingerprint density at radius 3 is 2.46 bits per heavy atom. The summed E-state index contributed by atoms with van der Waals surface area (Å²) in [6.07, 6.45) is 2.52. The van der Waals surface area contributed by atoms with Crippen LogP contribution in [-0.2, 0) is 11.2 Å². The molecule has 5 heteroatoms. The SMILES string of the molecule is O=C(CCCc1ccccc1)N1CCN(c2nc3ccccc3s2)CC1. The highest BCUT2D eigenvalue weighted by atomic mass is 32.1. The normalized spacial score (nSPS) is 14.8. The Kier molecular flexibility index (Phi) is 5.16. The van der Waals surface area contributed by atoms with Crippen LogP contribution < -0.4 is 4.90 Å². The summed E-state index contributed by atoms with van der Waals surface area (Å²) in [6.45, 7) is 3.31. The van der Waals surface area contributed by atoms with Crippen LogP contribution in [0.4, 0.5) is 5.13 Å². The van der Waals surface area contributed by atoms with Gasteiger partial charge in [-0.15, -0.1) is 0 Å². The number of rotatable bonds is 5. The van der Waals surface area contributed by atoms with Crippen LogP contribution in [0.5, 0.6) is 0 Å². The lowest BCUT2D eigenvalue weighted by Gasteiger charge is -2.34. The quantitative estimate of drug-likeness (QED) is 0.686. The Balaban J connectivity index is 1.27. The Bertz CT molecular complexity index is 836. The molecule has 0 N–H and O–H groups in total. The summed E-state index contributed by atoms with van der Waals surface area (Å²) in [7, 11) is 0. The number of piperazine rings is 1. The van der Waals surface area contributed by atoms with Gasteiger partial charge in [-0.05, 0) is 30.5 Å². The number of aromatic nitrogens is 1. The van der Waals surface area contributed by atoms with Gasteiger partial charge < -0.3 is 9.80 Å². The van der Waals surface area contributed by atoms with Crippen LogP contribution in [0.2, 0.25) is 0 Å². The second-order valence-corrected chi connectivity index (χ2v) is 7.68. The van der Waals surface area contributed by atoms with Crippen molar-refractivity contribution in [3.8, 4) is 0 Å². The summed E-state index contributed by atoms with van der Waals surface area (Å²) in [5, 5.41) is 1.07. The first-order valence-corrected chi connectivity index (χ1v) is 10.0. The molecular weight excluding hydrogens is 342 g/mol. The van der Waals surface area contributed by atoms with E-state index in [0.717, 1.165) is 49.7 Å². The van der Waals surface area contributed by atoms with Gasteiger partial charge >= 0.3 is 0 Å². The molecule has 0 spiro atoms. The molecule has 0 radical (unpaired) electrons. The Hall–Kier alpha value is -2.40. The van der Waals surface area contributed by atoms with Crippen LogP contribution in [0.15, 0.2) is 54.6 Å². The molecule has 2 heterocycles. The second-order valence-electron chi connectivity index (χ2n) is 6.67. The average Bonchev–Trinajstić information content (AvgIpc) is 3.13. The Labute approximate surface area is 158 Å². The molecule has 0 unspecified atom stereocenters. The van der Waals surface area contributed by atoms with E-state index in [0.29, 0.717) is 6.42 Å². The van der Waals surface area contributed by atoms with E-state index in [1.165, 1.54) is 10.3 Å². The van der Waals surface area contributed by atoms with Crippen molar-refractivity contribution in [1.29, 1.82) is 0 Å². The van der Waals surface area contributed by atoms with Crippen molar-refractivity contribution in [3.05, 3.63) is 60.2 Å². The Morgan fingerprint density at radius 1 is 0.962 bits per heavy atom. The van der Waals surface area contributed by atoms with Crippen LogP contribution in [0.25, 0.3) is 10.2 Å². The van der Waals surface area contributed by atoms with Gasteiger partial charge in [-0.2, -0.15) is 0 Å². The molecule has 1 fully saturated rings. The fourth-order valence-electron chi connectivity index (χ4n) is 3.39. The van der Waals surface area contributed by atoms with E-state index in [1.807, 2.05) is 17.0 Å². The maximum absolute atomic E-state index is 12.5. The zero-order chi connectivity index (χ0) is 17.8. The van der Waals surface area contributed by atoms with Gasteiger partial charge in [-0.1, -0.05) is 53.8 Å². The minimum Gasteiger partial charge on any atom is -0.345 e. The van der Waals surface area contributed by atoms with Crippen molar-refractivity contribution < 1.29 is 4.79 Å². The molecule has 0 aliphatic carbocycles. The smallest absolute Gasteiger partial charge is 0.222 e. The summed E-state index contributed by atoms with van der Waals surface area (Å²) in [5.74, 6) is 0.282. The van der Waals surface area contributed by atoms with Crippen molar-refractivity contribution in [2.45, 2.75) is 19.3 Å². The van der Waals surface area contributed by atoms with Crippen molar-refractivity contribution in [1.82, 2.24) is 9.88 Å². The molecule has 0 saturated carbocycles. The summed E-state index contributed by atoms with van der Waals surface area (Å²) in [5.41, 5.74) is 2.37. The van der Waals surface area contributed by atoms with Crippen LogP contribution >= 0.6 is 11.3 Å². The van der Waals surface area contributed by atoms with Gasteiger partial charge in [0.05, 0.1) is 10.2 Å². The van der Waals surface area contributed by atoms with Crippen LogP contribution in [0, 0.1) is 0 Å². The number of benzene rings is 2. The van der Waals surface area contributed by atoms with E-state index in [1.54, 1.807) is 11.3 Å².